The lowest BCUT2D eigenvalue weighted by Crippen LogP contribution is -2.34. The predicted octanol–water partition coefficient (Wildman–Crippen LogP) is 3.03. The van der Waals surface area contributed by atoms with E-state index < -0.39 is 0 Å². The fraction of sp³-hybridized carbons (Fsp3) is 0.368. The van der Waals surface area contributed by atoms with Gasteiger partial charge >= 0.3 is 0 Å². The monoisotopic (exact) mass is 356 g/mol. The van der Waals surface area contributed by atoms with Crippen molar-refractivity contribution in [3.8, 4) is 5.75 Å². The summed E-state index contributed by atoms with van der Waals surface area (Å²) in [5.74, 6) is 0.988. The van der Waals surface area contributed by atoms with E-state index >= 15 is 0 Å². The zero-order valence-corrected chi connectivity index (χ0v) is 14.9. The van der Waals surface area contributed by atoms with Crippen LogP contribution in [0.3, 0.4) is 0 Å². The number of carbonyl (C=O) groups is 2. The highest BCUT2D eigenvalue weighted by Crippen LogP contribution is 2.42. The van der Waals surface area contributed by atoms with Gasteiger partial charge in [0.05, 0.1) is 12.7 Å². The Morgan fingerprint density at radius 3 is 2.68 bits per heavy atom. The van der Waals surface area contributed by atoms with Crippen molar-refractivity contribution in [2.24, 2.45) is 5.41 Å². The van der Waals surface area contributed by atoms with Gasteiger partial charge in [0.15, 0.2) is 0 Å². The number of ether oxygens (including phenoxy) is 1. The normalized spacial score (nSPS) is 22.8. The number of amides is 2. The van der Waals surface area contributed by atoms with Crippen LogP contribution >= 0.6 is 11.3 Å². The molecule has 1 atom stereocenters. The minimum absolute atomic E-state index is 0.0773. The summed E-state index contributed by atoms with van der Waals surface area (Å²) in [6, 6.07) is 9.43. The summed E-state index contributed by atoms with van der Waals surface area (Å²) < 4.78 is 5.18. The van der Waals surface area contributed by atoms with E-state index in [4.69, 9.17) is 4.74 Å². The maximum atomic E-state index is 12.6. The van der Waals surface area contributed by atoms with Crippen molar-refractivity contribution in [1.29, 1.82) is 0 Å². The second kappa shape index (κ2) is 6.19. The third-order valence-electron chi connectivity index (χ3n) is 5.20. The number of benzene rings is 1. The van der Waals surface area contributed by atoms with Crippen molar-refractivity contribution >= 4 is 28.8 Å². The Kier molecular flexibility index (Phi) is 4.00. The van der Waals surface area contributed by atoms with Crippen LogP contribution in [0.5, 0.6) is 5.75 Å². The molecule has 0 radical (unpaired) electrons. The molecule has 1 aromatic heterocycles. The summed E-state index contributed by atoms with van der Waals surface area (Å²) in [7, 11) is 1.63. The molecule has 2 aliphatic heterocycles. The van der Waals surface area contributed by atoms with Crippen molar-refractivity contribution in [3.63, 3.8) is 0 Å². The maximum Gasteiger partial charge on any atom is 0.254 e. The van der Waals surface area contributed by atoms with Gasteiger partial charge in [-0.1, -0.05) is 0 Å². The highest BCUT2D eigenvalue weighted by Gasteiger charge is 2.48. The van der Waals surface area contributed by atoms with Gasteiger partial charge < -0.3 is 14.5 Å². The number of rotatable bonds is 3. The number of carbonyl (C=O) groups excluding carboxylic acids is 2. The first-order valence-corrected chi connectivity index (χ1v) is 9.30. The first kappa shape index (κ1) is 16.1. The number of nitrogens with zero attached hydrogens (tertiary/aromatic N) is 2. The Labute approximate surface area is 150 Å². The topological polar surface area (TPSA) is 49.9 Å². The summed E-state index contributed by atoms with van der Waals surface area (Å²) >= 11 is 1.53. The fourth-order valence-electron chi connectivity index (χ4n) is 3.84. The summed E-state index contributed by atoms with van der Waals surface area (Å²) in [5.41, 5.74) is 1.52. The van der Waals surface area contributed by atoms with Crippen LogP contribution in [-0.2, 0) is 4.79 Å². The smallest absolute Gasteiger partial charge is 0.254 e. The second-order valence-corrected chi connectivity index (χ2v) is 7.62. The maximum absolute atomic E-state index is 12.6. The molecule has 0 N–H and O–H groups in total. The molecule has 2 saturated heterocycles. The highest BCUT2D eigenvalue weighted by molar-refractivity contribution is 7.08. The minimum Gasteiger partial charge on any atom is -0.497 e. The largest absolute Gasteiger partial charge is 0.497 e. The zero-order valence-electron chi connectivity index (χ0n) is 14.1. The van der Waals surface area contributed by atoms with Gasteiger partial charge in [-0.25, -0.2) is 0 Å². The number of likely N-dealkylation sites (tertiary alicyclic amines) is 1. The zero-order chi connectivity index (χ0) is 17.4. The van der Waals surface area contributed by atoms with Crippen LogP contribution < -0.4 is 9.64 Å². The van der Waals surface area contributed by atoms with Crippen LogP contribution in [0, 0.1) is 5.41 Å². The standard InChI is InChI=1S/C19H20N2O3S/c1-24-16-4-2-15(3-5-16)21-13-19(10-17(21)22)7-8-20(12-19)18(23)14-6-9-25-11-14/h2-6,9,11H,7-8,10,12-13H2,1H3. The molecule has 2 amide bonds. The molecular weight excluding hydrogens is 336 g/mol. The van der Waals surface area contributed by atoms with E-state index in [1.54, 1.807) is 7.11 Å². The van der Waals surface area contributed by atoms with Crippen LogP contribution in [-0.4, -0.2) is 43.5 Å². The van der Waals surface area contributed by atoms with E-state index in [2.05, 4.69) is 0 Å². The molecule has 2 fully saturated rings. The van der Waals surface area contributed by atoms with Gasteiger partial charge in [0, 0.05) is 42.5 Å². The third kappa shape index (κ3) is 2.91. The lowest BCUT2D eigenvalue weighted by atomic mass is 9.86. The van der Waals surface area contributed by atoms with E-state index in [0.29, 0.717) is 19.5 Å². The Bertz CT molecular complexity index is 788. The minimum atomic E-state index is -0.122. The molecule has 5 nitrogen and oxygen atoms in total. The molecule has 1 spiro atoms. The van der Waals surface area contributed by atoms with Crippen LogP contribution in [0.4, 0.5) is 5.69 Å². The number of methoxy groups -OCH3 is 1. The SMILES string of the molecule is COc1ccc(N2CC3(CCN(C(=O)c4ccsc4)C3)CC2=O)cc1. The molecular formula is C19H20N2O3S. The van der Waals surface area contributed by atoms with Crippen LogP contribution in [0.15, 0.2) is 41.1 Å². The van der Waals surface area contributed by atoms with E-state index in [1.165, 1.54) is 11.3 Å². The molecule has 1 aromatic carbocycles. The molecule has 130 valence electrons. The Hall–Kier alpha value is -2.34. The van der Waals surface area contributed by atoms with Gasteiger partial charge in [0.2, 0.25) is 5.91 Å². The average Bonchev–Trinajstić information content (AvgIpc) is 3.36. The van der Waals surface area contributed by atoms with Crippen molar-refractivity contribution in [3.05, 3.63) is 46.7 Å². The van der Waals surface area contributed by atoms with Crippen LogP contribution in [0.1, 0.15) is 23.2 Å². The van der Waals surface area contributed by atoms with Crippen LogP contribution in [0.25, 0.3) is 0 Å². The van der Waals surface area contributed by atoms with Gasteiger partial charge in [-0.15, -0.1) is 0 Å². The number of hydrogen-bond donors (Lipinski definition) is 0. The van der Waals surface area contributed by atoms with Gasteiger partial charge in [-0.3, -0.25) is 9.59 Å². The molecule has 6 heteroatoms. The first-order chi connectivity index (χ1) is 12.1. The first-order valence-electron chi connectivity index (χ1n) is 8.36. The molecule has 4 rings (SSSR count). The van der Waals surface area contributed by atoms with Crippen molar-refractivity contribution in [2.45, 2.75) is 12.8 Å². The van der Waals surface area contributed by atoms with E-state index in [9.17, 15) is 9.59 Å². The number of anilines is 1. The van der Waals surface area contributed by atoms with Gasteiger partial charge in [-0.05, 0) is 42.1 Å². The molecule has 0 bridgehead atoms. The van der Waals surface area contributed by atoms with E-state index in [0.717, 1.165) is 30.0 Å². The molecule has 2 aromatic rings. The van der Waals surface area contributed by atoms with Crippen molar-refractivity contribution < 1.29 is 14.3 Å². The van der Waals surface area contributed by atoms with Gasteiger partial charge in [-0.2, -0.15) is 11.3 Å². The fourth-order valence-corrected chi connectivity index (χ4v) is 4.47. The molecule has 0 saturated carbocycles. The van der Waals surface area contributed by atoms with E-state index in [-0.39, 0.29) is 17.2 Å². The van der Waals surface area contributed by atoms with Crippen LogP contribution in [0.2, 0.25) is 0 Å². The predicted molar refractivity (Wildman–Crippen MR) is 97.2 cm³/mol. The summed E-state index contributed by atoms with van der Waals surface area (Å²) in [6.07, 6.45) is 1.38. The third-order valence-corrected chi connectivity index (χ3v) is 5.88. The van der Waals surface area contributed by atoms with Gasteiger partial charge in [0.1, 0.15) is 5.75 Å². The summed E-state index contributed by atoms with van der Waals surface area (Å²) in [5, 5.41) is 3.81. The molecule has 3 heterocycles. The lowest BCUT2D eigenvalue weighted by Gasteiger charge is -2.24. The number of hydrogen-bond acceptors (Lipinski definition) is 4. The highest BCUT2D eigenvalue weighted by atomic mass is 32.1. The Morgan fingerprint density at radius 1 is 1.20 bits per heavy atom. The van der Waals surface area contributed by atoms with Crippen molar-refractivity contribution in [1.82, 2.24) is 4.90 Å². The Morgan fingerprint density at radius 2 is 2.00 bits per heavy atom. The molecule has 2 aliphatic rings. The Balaban J connectivity index is 1.49. The molecule has 25 heavy (non-hydrogen) atoms. The lowest BCUT2D eigenvalue weighted by molar-refractivity contribution is -0.117. The summed E-state index contributed by atoms with van der Waals surface area (Å²) in [6.45, 7) is 2.05. The van der Waals surface area contributed by atoms with Gasteiger partial charge in [0.25, 0.3) is 5.91 Å². The van der Waals surface area contributed by atoms with E-state index in [1.807, 2.05) is 50.9 Å². The second-order valence-electron chi connectivity index (χ2n) is 6.84. The molecule has 1 unspecified atom stereocenters. The quantitative estimate of drug-likeness (QED) is 0.849. The average molecular weight is 356 g/mol. The molecule has 0 aliphatic carbocycles. The van der Waals surface area contributed by atoms with Crippen molar-refractivity contribution in [2.75, 3.05) is 31.6 Å². The number of thiophene rings is 1. The summed E-state index contributed by atoms with van der Waals surface area (Å²) in [4.78, 5) is 28.9.